The molecule has 8 heteroatoms. The second-order valence-electron chi connectivity index (χ2n) is 6.08. The van der Waals surface area contributed by atoms with Gasteiger partial charge in [0.25, 0.3) is 11.6 Å². The molecule has 0 fully saturated rings. The maximum absolute atomic E-state index is 12.5. The largest absolute Gasteiger partial charge is 0.495 e. The predicted molar refractivity (Wildman–Crippen MR) is 103 cm³/mol. The fraction of sp³-hybridized carbons (Fsp3) is 0.300. The van der Waals surface area contributed by atoms with Crippen LogP contribution in [-0.4, -0.2) is 30.0 Å². The van der Waals surface area contributed by atoms with Crippen molar-refractivity contribution in [3.8, 4) is 5.75 Å². The zero-order chi connectivity index (χ0) is 20.7. The summed E-state index contributed by atoms with van der Waals surface area (Å²) in [6, 6.07) is 13.0. The molecule has 0 heterocycles. The lowest BCUT2D eigenvalue weighted by Gasteiger charge is -2.19. The number of non-ortho nitro benzene ring substituents is 1. The van der Waals surface area contributed by atoms with Crippen molar-refractivity contribution in [3.05, 3.63) is 64.2 Å². The number of amides is 1. The van der Waals surface area contributed by atoms with Gasteiger partial charge >= 0.3 is 5.97 Å². The summed E-state index contributed by atoms with van der Waals surface area (Å²) in [6.07, 6.45) is -0.565. The number of benzene rings is 2. The molecule has 148 valence electrons. The van der Waals surface area contributed by atoms with Gasteiger partial charge in [-0.15, -0.1) is 0 Å². The van der Waals surface area contributed by atoms with Crippen molar-refractivity contribution in [1.82, 2.24) is 0 Å². The molecule has 0 unspecified atom stereocenters. The third kappa shape index (κ3) is 5.06. The van der Waals surface area contributed by atoms with Crippen molar-refractivity contribution in [2.75, 3.05) is 12.4 Å². The van der Waals surface area contributed by atoms with Gasteiger partial charge in [-0.25, -0.2) is 0 Å². The third-order valence-corrected chi connectivity index (χ3v) is 4.21. The van der Waals surface area contributed by atoms with Crippen LogP contribution in [0.5, 0.6) is 5.75 Å². The molecule has 0 aromatic heterocycles. The van der Waals surface area contributed by atoms with E-state index >= 15 is 0 Å². The van der Waals surface area contributed by atoms with Crippen molar-refractivity contribution in [1.29, 1.82) is 0 Å². The standard InChI is InChI=1S/C20H22N2O6/c1-4-16(14-8-6-5-7-9-14)20(24)28-13(2)19(23)21-17-12-15(22(25)26)10-11-18(17)27-3/h5-13,16H,4H2,1-3H3,(H,21,23)/t13-,16-/m0/s1. The Morgan fingerprint density at radius 2 is 1.86 bits per heavy atom. The molecule has 0 aliphatic heterocycles. The van der Waals surface area contributed by atoms with E-state index in [2.05, 4.69) is 5.32 Å². The molecule has 1 N–H and O–H groups in total. The first-order valence-corrected chi connectivity index (χ1v) is 8.76. The molecule has 8 nitrogen and oxygen atoms in total. The number of esters is 1. The minimum Gasteiger partial charge on any atom is -0.495 e. The minimum absolute atomic E-state index is 0.125. The number of rotatable bonds is 8. The summed E-state index contributed by atoms with van der Waals surface area (Å²) >= 11 is 0. The maximum atomic E-state index is 12.5. The zero-order valence-electron chi connectivity index (χ0n) is 15.9. The van der Waals surface area contributed by atoms with Gasteiger partial charge in [0.1, 0.15) is 5.75 Å². The molecule has 0 saturated heterocycles. The van der Waals surface area contributed by atoms with E-state index in [1.54, 1.807) is 0 Å². The molecule has 2 aromatic rings. The summed E-state index contributed by atoms with van der Waals surface area (Å²) in [5.41, 5.74) is 0.735. The summed E-state index contributed by atoms with van der Waals surface area (Å²) in [6.45, 7) is 3.30. The topological polar surface area (TPSA) is 108 Å². The fourth-order valence-corrected chi connectivity index (χ4v) is 2.68. The van der Waals surface area contributed by atoms with Gasteiger partial charge in [0, 0.05) is 12.1 Å². The molecule has 0 bridgehead atoms. The van der Waals surface area contributed by atoms with E-state index in [1.807, 2.05) is 37.3 Å². The van der Waals surface area contributed by atoms with Gasteiger partial charge in [-0.05, 0) is 25.0 Å². The minimum atomic E-state index is -1.09. The van der Waals surface area contributed by atoms with Crippen LogP contribution in [0.1, 0.15) is 31.7 Å². The maximum Gasteiger partial charge on any atom is 0.314 e. The normalized spacial score (nSPS) is 12.5. The van der Waals surface area contributed by atoms with Crippen LogP contribution in [0.15, 0.2) is 48.5 Å². The molecule has 28 heavy (non-hydrogen) atoms. The number of nitro groups is 1. The van der Waals surface area contributed by atoms with Crippen LogP contribution in [0.25, 0.3) is 0 Å². The first-order valence-electron chi connectivity index (χ1n) is 8.76. The lowest BCUT2D eigenvalue weighted by molar-refractivity contribution is -0.384. The highest BCUT2D eigenvalue weighted by molar-refractivity contribution is 5.97. The van der Waals surface area contributed by atoms with Gasteiger partial charge in [-0.3, -0.25) is 19.7 Å². The molecule has 0 spiro atoms. The number of nitrogens with one attached hydrogen (secondary N) is 1. The SMILES string of the molecule is CC[C@H](C(=O)O[C@@H](C)C(=O)Nc1cc([N+](=O)[O-])ccc1OC)c1ccccc1. The van der Waals surface area contributed by atoms with Gasteiger partial charge in [0.2, 0.25) is 0 Å². The van der Waals surface area contributed by atoms with E-state index in [-0.39, 0.29) is 17.1 Å². The van der Waals surface area contributed by atoms with Gasteiger partial charge in [0.05, 0.1) is 23.6 Å². The Hall–Kier alpha value is -3.42. The Labute approximate surface area is 162 Å². The Balaban J connectivity index is 2.09. The summed E-state index contributed by atoms with van der Waals surface area (Å²) in [4.78, 5) is 35.3. The molecular formula is C20H22N2O6. The molecule has 2 rings (SSSR count). The third-order valence-electron chi connectivity index (χ3n) is 4.21. The molecule has 0 radical (unpaired) electrons. The molecule has 1 amide bonds. The first-order chi connectivity index (χ1) is 13.4. The van der Waals surface area contributed by atoms with Crippen LogP contribution < -0.4 is 10.1 Å². The Bertz CT molecular complexity index is 853. The highest BCUT2D eigenvalue weighted by Gasteiger charge is 2.26. The van der Waals surface area contributed by atoms with Crippen molar-refractivity contribution < 1.29 is 24.0 Å². The molecular weight excluding hydrogens is 364 g/mol. The van der Waals surface area contributed by atoms with Gasteiger partial charge in [0.15, 0.2) is 6.10 Å². The smallest absolute Gasteiger partial charge is 0.314 e. The van der Waals surface area contributed by atoms with E-state index in [9.17, 15) is 19.7 Å². The monoisotopic (exact) mass is 386 g/mol. The van der Waals surface area contributed by atoms with Crippen molar-refractivity contribution in [3.63, 3.8) is 0 Å². The van der Waals surface area contributed by atoms with Crippen molar-refractivity contribution >= 4 is 23.3 Å². The van der Waals surface area contributed by atoms with E-state index in [0.717, 1.165) is 5.56 Å². The van der Waals surface area contributed by atoms with E-state index in [0.29, 0.717) is 6.42 Å². The Morgan fingerprint density at radius 1 is 1.18 bits per heavy atom. The number of nitro benzene ring substituents is 1. The number of methoxy groups -OCH3 is 1. The Morgan fingerprint density at radius 3 is 2.43 bits per heavy atom. The fourth-order valence-electron chi connectivity index (χ4n) is 2.68. The number of carbonyl (C=O) groups is 2. The first kappa shape index (κ1) is 20.9. The van der Waals surface area contributed by atoms with Crippen molar-refractivity contribution in [2.24, 2.45) is 0 Å². The molecule has 0 aliphatic rings. The number of carbonyl (C=O) groups excluding carboxylic acids is 2. The predicted octanol–water partition coefficient (Wildman–Crippen LogP) is 3.67. The number of hydrogen-bond donors (Lipinski definition) is 1. The molecule has 2 atom stereocenters. The second kappa shape index (κ2) is 9.50. The summed E-state index contributed by atoms with van der Waals surface area (Å²) in [5, 5.41) is 13.5. The number of nitrogens with zero attached hydrogens (tertiary/aromatic N) is 1. The van der Waals surface area contributed by atoms with Gasteiger partial charge in [-0.1, -0.05) is 37.3 Å². The van der Waals surface area contributed by atoms with E-state index in [4.69, 9.17) is 9.47 Å². The number of anilines is 1. The average molecular weight is 386 g/mol. The van der Waals surface area contributed by atoms with Crippen LogP contribution in [0, 0.1) is 10.1 Å². The van der Waals surface area contributed by atoms with Crippen LogP contribution in [0.4, 0.5) is 11.4 Å². The molecule has 2 aromatic carbocycles. The number of ether oxygens (including phenoxy) is 2. The highest BCUT2D eigenvalue weighted by atomic mass is 16.6. The summed E-state index contributed by atoms with van der Waals surface area (Å²) < 4.78 is 10.4. The van der Waals surface area contributed by atoms with Crippen molar-refractivity contribution in [2.45, 2.75) is 32.3 Å². The van der Waals surface area contributed by atoms with Crippen LogP contribution in [-0.2, 0) is 14.3 Å². The van der Waals surface area contributed by atoms with Crippen LogP contribution in [0.2, 0.25) is 0 Å². The van der Waals surface area contributed by atoms with Crippen LogP contribution in [0.3, 0.4) is 0 Å². The van der Waals surface area contributed by atoms with Crippen LogP contribution >= 0.6 is 0 Å². The lowest BCUT2D eigenvalue weighted by atomic mass is 9.97. The zero-order valence-corrected chi connectivity index (χ0v) is 15.9. The Kier molecular flexibility index (Phi) is 7.08. The second-order valence-corrected chi connectivity index (χ2v) is 6.08. The molecule has 0 saturated carbocycles. The van der Waals surface area contributed by atoms with Gasteiger partial charge < -0.3 is 14.8 Å². The van der Waals surface area contributed by atoms with Gasteiger partial charge in [-0.2, -0.15) is 0 Å². The average Bonchev–Trinajstić information content (AvgIpc) is 2.69. The molecule has 0 aliphatic carbocycles. The quantitative estimate of drug-likeness (QED) is 0.421. The summed E-state index contributed by atoms with van der Waals surface area (Å²) in [5.74, 6) is -1.35. The number of hydrogen-bond acceptors (Lipinski definition) is 6. The van der Waals surface area contributed by atoms with E-state index in [1.165, 1.54) is 32.2 Å². The van der Waals surface area contributed by atoms with E-state index < -0.39 is 28.8 Å². The highest BCUT2D eigenvalue weighted by Crippen LogP contribution is 2.29. The summed E-state index contributed by atoms with van der Waals surface area (Å²) in [7, 11) is 1.38. The lowest BCUT2D eigenvalue weighted by Crippen LogP contribution is -2.32.